The van der Waals surface area contributed by atoms with Crippen LogP contribution in [0.2, 0.25) is 0 Å². The molecule has 1 heterocycles. The fourth-order valence-corrected chi connectivity index (χ4v) is 1.63. The summed E-state index contributed by atoms with van der Waals surface area (Å²) in [6.45, 7) is 0. The average molecular weight is 222 g/mol. The van der Waals surface area contributed by atoms with Crippen molar-refractivity contribution in [2.45, 2.75) is 0 Å². The van der Waals surface area contributed by atoms with E-state index in [4.69, 9.17) is 5.73 Å². The van der Waals surface area contributed by atoms with E-state index in [0.717, 1.165) is 17.3 Å². The van der Waals surface area contributed by atoms with Crippen LogP contribution >= 0.6 is 11.7 Å². The molecule has 0 radical (unpaired) electrons. The Morgan fingerprint density at radius 1 is 1.27 bits per heavy atom. The highest BCUT2D eigenvalue weighted by molar-refractivity contribution is 6.99. The van der Waals surface area contributed by atoms with Crippen LogP contribution in [-0.4, -0.2) is 13.7 Å². The Balaban J connectivity index is 2.40. The number of benzene rings is 1. The van der Waals surface area contributed by atoms with Crippen LogP contribution in [0, 0.1) is 10.1 Å². The minimum atomic E-state index is -0.452. The van der Waals surface area contributed by atoms with Crippen LogP contribution in [0.3, 0.4) is 0 Å². The summed E-state index contributed by atoms with van der Waals surface area (Å²) in [7, 11) is 0. The van der Waals surface area contributed by atoms with E-state index in [-0.39, 0.29) is 5.69 Å². The molecule has 1 aromatic carbocycles. The first-order valence-corrected chi connectivity index (χ1v) is 4.74. The monoisotopic (exact) mass is 222 g/mol. The lowest BCUT2D eigenvalue weighted by atomic mass is 10.1. The van der Waals surface area contributed by atoms with Gasteiger partial charge in [-0.2, -0.15) is 8.75 Å². The van der Waals surface area contributed by atoms with Crippen molar-refractivity contribution in [2.24, 2.45) is 0 Å². The molecule has 0 unspecified atom stereocenters. The van der Waals surface area contributed by atoms with Crippen LogP contribution in [0.25, 0.3) is 11.3 Å². The summed E-state index contributed by atoms with van der Waals surface area (Å²) in [5, 5.41) is 10.4. The second-order valence-electron chi connectivity index (χ2n) is 2.80. The Bertz CT molecular complexity index is 494. The van der Waals surface area contributed by atoms with Crippen molar-refractivity contribution >= 4 is 23.2 Å². The number of hydrogen-bond acceptors (Lipinski definition) is 6. The molecule has 0 fully saturated rings. The molecule has 0 saturated carbocycles. The van der Waals surface area contributed by atoms with Crippen molar-refractivity contribution in [1.82, 2.24) is 8.75 Å². The molecule has 1 aromatic heterocycles. The van der Waals surface area contributed by atoms with Gasteiger partial charge in [-0.1, -0.05) is 0 Å². The van der Waals surface area contributed by atoms with Crippen LogP contribution < -0.4 is 5.73 Å². The Morgan fingerprint density at radius 2 is 1.93 bits per heavy atom. The van der Waals surface area contributed by atoms with Gasteiger partial charge >= 0.3 is 0 Å². The molecular weight excluding hydrogens is 216 g/mol. The molecule has 2 N–H and O–H groups in total. The van der Waals surface area contributed by atoms with Gasteiger partial charge in [0.05, 0.1) is 16.7 Å². The molecular formula is C8H6N4O2S. The SMILES string of the molecule is Nc1nsnc1-c1ccc([N+](=O)[O-])cc1. The summed E-state index contributed by atoms with van der Waals surface area (Å²) in [5.74, 6) is 0.342. The van der Waals surface area contributed by atoms with Crippen LogP contribution in [0.1, 0.15) is 0 Å². The second-order valence-corrected chi connectivity index (χ2v) is 3.33. The summed E-state index contributed by atoms with van der Waals surface area (Å²) < 4.78 is 7.82. The molecule has 0 atom stereocenters. The lowest BCUT2D eigenvalue weighted by Crippen LogP contribution is -1.90. The van der Waals surface area contributed by atoms with Gasteiger partial charge in [0.15, 0.2) is 5.82 Å². The largest absolute Gasteiger partial charge is 0.381 e. The lowest BCUT2D eigenvalue weighted by molar-refractivity contribution is -0.384. The average Bonchev–Trinajstić information content (AvgIpc) is 2.65. The van der Waals surface area contributed by atoms with Gasteiger partial charge in [-0.05, 0) is 12.1 Å². The fraction of sp³-hybridized carbons (Fsp3) is 0. The highest BCUT2D eigenvalue weighted by Crippen LogP contribution is 2.25. The van der Waals surface area contributed by atoms with Crippen LogP contribution in [0.5, 0.6) is 0 Å². The third-order valence-electron chi connectivity index (χ3n) is 1.87. The number of aromatic nitrogens is 2. The van der Waals surface area contributed by atoms with Crippen molar-refractivity contribution in [3.63, 3.8) is 0 Å². The Morgan fingerprint density at radius 3 is 2.40 bits per heavy atom. The molecule has 7 heteroatoms. The van der Waals surface area contributed by atoms with Crippen molar-refractivity contribution in [1.29, 1.82) is 0 Å². The number of nitrogens with zero attached hydrogens (tertiary/aromatic N) is 3. The zero-order valence-corrected chi connectivity index (χ0v) is 8.27. The third-order valence-corrected chi connectivity index (χ3v) is 2.41. The normalized spacial score (nSPS) is 10.1. The molecule has 0 aliphatic carbocycles. The molecule has 2 aromatic rings. The van der Waals surface area contributed by atoms with E-state index in [1.165, 1.54) is 12.1 Å². The molecule has 2 rings (SSSR count). The number of non-ortho nitro benzene ring substituents is 1. The second kappa shape index (κ2) is 3.62. The van der Waals surface area contributed by atoms with Gasteiger partial charge in [-0.25, -0.2) is 0 Å². The quantitative estimate of drug-likeness (QED) is 0.616. The van der Waals surface area contributed by atoms with Gasteiger partial charge in [0.25, 0.3) is 5.69 Å². The van der Waals surface area contributed by atoms with E-state index < -0.39 is 4.92 Å². The summed E-state index contributed by atoms with van der Waals surface area (Å²) in [6.07, 6.45) is 0. The van der Waals surface area contributed by atoms with E-state index in [1.54, 1.807) is 12.1 Å². The molecule has 0 amide bonds. The minimum absolute atomic E-state index is 0.0421. The van der Waals surface area contributed by atoms with Gasteiger partial charge in [-0.3, -0.25) is 10.1 Å². The number of rotatable bonds is 2. The molecule has 0 bridgehead atoms. The zero-order chi connectivity index (χ0) is 10.8. The predicted octanol–water partition coefficient (Wildman–Crippen LogP) is 1.70. The number of nitrogens with two attached hydrogens (primary N) is 1. The molecule has 0 spiro atoms. The number of nitrogen functional groups attached to an aromatic ring is 1. The number of nitro benzene ring substituents is 1. The van der Waals surface area contributed by atoms with E-state index in [2.05, 4.69) is 8.75 Å². The van der Waals surface area contributed by atoms with Gasteiger partial charge in [-0.15, -0.1) is 0 Å². The van der Waals surface area contributed by atoms with E-state index >= 15 is 0 Å². The molecule has 0 aliphatic heterocycles. The Kier molecular flexibility index (Phi) is 2.30. The van der Waals surface area contributed by atoms with Gasteiger partial charge in [0.2, 0.25) is 0 Å². The van der Waals surface area contributed by atoms with E-state index in [1.807, 2.05) is 0 Å². The predicted molar refractivity (Wildman–Crippen MR) is 56.4 cm³/mol. The summed E-state index contributed by atoms with van der Waals surface area (Å²) in [6, 6.07) is 6.03. The highest BCUT2D eigenvalue weighted by atomic mass is 32.1. The maximum atomic E-state index is 10.4. The minimum Gasteiger partial charge on any atom is -0.381 e. The number of anilines is 1. The number of hydrogen-bond donors (Lipinski definition) is 1. The third kappa shape index (κ3) is 1.77. The molecule has 76 valence electrons. The summed E-state index contributed by atoms with van der Waals surface area (Å²) in [5.41, 5.74) is 6.91. The zero-order valence-electron chi connectivity index (χ0n) is 7.45. The summed E-state index contributed by atoms with van der Waals surface area (Å²) in [4.78, 5) is 9.97. The molecule has 0 aliphatic rings. The smallest absolute Gasteiger partial charge is 0.269 e. The standard InChI is InChI=1S/C8H6N4O2S/c9-8-7(10-15-11-8)5-1-3-6(4-2-5)12(13)14/h1-4H,(H2,9,11). The first kappa shape index (κ1) is 9.53. The topological polar surface area (TPSA) is 94.9 Å². The van der Waals surface area contributed by atoms with Crippen LogP contribution in [-0.2, 0) is 0 Å². The first-order valence-electron chi connectivity index (χ1n) is 4.01. The van der Waals surface area contributed by atoms with Crippen LogP contribution in [0.15, 0.2) is 24.3 Å². The van der Waals surface area contributed by atoms with Crippen molar-refractivity contribution < 1.29 is 4.92 Å². The van der Waals surface area contributed by atoms with Crippen molar-refractivity contribution in [3.8, 4) is 11.3 Å². The van der Waals surface area contributed by atoms with Crippen molar-refractivity contribution in [2.75, 3.05) is 5.73 Å². The van der Waals surface area contributed by atoms with Gasteiger partial charge in [0, 0.05) is 17.7 Å². The highest BCUT2D eigenvalue weighted by Gasteiger charge is 2.09. The maximum Gasteiger partial charge on any atom is 0.269 e. The van der Waals surface area contributed by atoms with Gasteiger partial charge < -0.3 is 5.73 Å². The van der Waals surface area contributed by atoms with Crippen LogP contribution in [0.4, 0.5) is 11.5 Å². The van der Waals surface area contributed by atoms with E-state index in [0.29, 0.717) is 11.5 Å². The number of nitro groups is 1. The Labute approximate surface area is 88.8 Å². The van der Waals surface area contributed by atoms with Crippen molar-refractivity contribution in [3.05, 3.63) is 34.4 Å². The maximum absolute atomic E-state index is 10.4. The Hall–Kier alpha value is -2.02. The lowest BCUT2D eigenvalue weighted by Gasteiger charge is -1.96. The molecule has 0 saturated heterocycles. The molecule has 6 nitrogen and oxygen atoms in total. The first-order chi connectivity index (χ1) is 7.18. The fourth-order valence-electron chi connectivity index (χ4n) is 1.14. The summed E-state index contributed by atoms with van der Waals surface area (Å²) >= 11 is 1.01. The van der Waals surface area contributed by atoms with Gasteiger partial charge in [0.1, 0.15) is 5.69 Å². The van der Waals surface area contributed by atoms with E-state index in [9.17, 15) is 10.1 Å². The molecule has 15 heavy (non-hydrogen) atoms.